The van der Waals surface area contributed by atoms with Crippen molar-refractivity contribution in [3.8, 4) is 0 Å². The molecule has 1 aliphatic rings. The smallest absolute Gasteiger partial charge is 0.237 e. The highest BCUT2D eigenvalue weighted by atomic mass is 35.5. The summed E-state index contributed by atoms with van der Waals surface area (Å²) in [5, 5.41) is 24.7. The molecule has 1 saturated heterocycles. The van der Waals surface area contributed by atoms with Gasteiger partial charge in [0.2, 0.25) is 5.91 Å². The monoisotopic (exact) mass is 457 g/mol. The third kappa shape index (κ3) is 5.96. The first-order chi connectivity index (χ1) is 14.7. The Morgan fingerprint density at radius 1 is 1.32 bits per heavy atom. The molecule has 1 aliphatic heterocycles. The van der Waals surface area contributed by atoms with E-state index < -0.39 is 29.9 Å². The Balaban J connectivity index is 2.31. The zero-order valence-corrected chi connectivity index (χ0v) is 19.5. The van der Waals surface area contributed by atoms with Crippen LogP contribution in [0.5, 0.6) is 0 Å². The van der Waals surface area contributed by atoms with Gasteiger partial charge in [0.15, 0.2) is 0 Å². The molecule has 1 aromatic carbocycles. The van der Waals surface area contributed by atoms with Crippen molar-refractivity contribution in [2.45, 2.75) is 83.0 Å². The van der Waals surface area contributed by atoms with E-state index in [4.69, 9.17) is 22.4 Å². The summed E-state index contributed by atoms with van der Waals surface area (Å²) in [6, 6.07) is 3.45. The average Bonchev–Trinajstić information content (AvgIpc) is 3.09. The van der Waals surface area contributed by atoms with Gasteiger partial charge in [-0.05, 0) is 29.9 Å². The first-order valence-electron chi connectivity index (χ1n) is 11.3. The van der Waals surface area contributed by atoms with Crippen molar-refractivity contribution >= 4 is 17.5 Å². The van der Waals surface area contributed by atoms with Crippen LogP contribution in [-0.4, -0.2) is 53.5 Å². The van der Waals surface area contributed by atoms with Gasteiger partial charge in [-0.2, -0.15) is 0 Å². The van der Waals surface area contributed by atoms with E-state index in [1.54, 1.807) is 12.1 Å². The number of carbonyl (C=O) groups excluding carboxylic acids is 1. The third-order valence-electron chi connectivity index (χ3n) is 7.15. The van der Waals surface area contributed by atoms with Gasteiger partial charge in [0, 0.05) is 24.5 Å². The van der Waals surface area contributed by atoms with Gasteiger partial charge >= 0.3 is 0 Å². The van der Waals surface area contributed by atoms with Gasteiger partial charge in [-0.15, -0.1) is 0 Å². The molecule has 1 amide bonds. The van der Waals surface area contributed by atoms with Crippen molar-refractivity contribution in [3.05, 3.63) is 34.6 Å². The SMILES string of the molecule is CCC(CC)(CC)C[C@@H]1N[C@@H](C(=O)NCC[C@H](O)CO)[C@H](c2cccc(Cl)c2F)C1N. The fourth-order valence-corrected chi connectivity index (χ4v) is 4.91. The van der Waals surface area contributed by atoms with Crippen molar-refractivity contribution in [2.75, 3.05) is 13.2 Å². The standard InChI is InChI=1S/C23H37ClFN3O3/c1-4-23(5-2,6-3)12-17-20(26)18(15-8-7-9-16(24)19(15)25)21(28-17)22(31)27-11-10-14(30)13-29/h7-9,14,17-18,20-21,28-30H,4-6,10-13,26H2,1-3H3,(H,27,31)/t14-,17-,18+,20?,21+/m0/s1. The maximum absolute atomic E-state index is 14.9. The second-order valence-electron chi connectivity index (χ2n) is 8.68. The minimum atomic E-state index is -0.896. The molecule has 0 saturated carbocycles. The van der Waals surface area contributed by atoms with Crippen LogP contribution in [0.1, 0.15) is 64.4 Å². The fraction of sp³-hybridized carbons (Fsp3) is 0.696. The van der Waals surface area contributed by atoms with Crippen molar-refractivity contribution in [3.63, 3.8) is 0 Å². The second-order valence-corrected chi connectivity index (χ2v) is 9.09. The van der Waals surface area contributed by atoms with Crippen molar-refractivity contribution in [2.24, 2.45) is 11.1 Å². The Kier molecular flexibility index (Phi) is 9.70. The van der Waals surface area contributed by atoms with Gasteiger partial charge in [-0.1, -0.05) is 63.8 Å². The van der Waals surface area contributed by atoms with Crippen LogP contribution in [-0.2, 0) is 4.79 Å². The van der Waals surface area contributed by atoms with Crippen LogP contribution < -0.4 is 16.4 Å². The van der Waals surface area contributed by atoms with Crippen LogP contribution in [0.15, 0.2) is 18.2 Å². The fourth-order valence-electron chi connectivity index (χ4n) is 4.73. The number of benzene rings is 1. The lowest BCUT2D eigenvalue weighted by molar-refractivity contribution is -0.123. The summed E-state index contributed by atoms with van der Waals surface area (Å²) in [7, 11) is 0. The molecule has 31 heavy (non-hydrogen) atoms. The minimum Gasteiger partial charge on any atom is -0.394 e. The topological polar surface area (TPSA) is 108 Å². The largest absolute Gasteiger partial charge is 0.394 e. The molecule has 2 rings (SSSR count). The maximum atomic E-state index is 14.9. The van der Waals surface area contributed by atoms with E-state index in [-0.39, 0.29) is 42.0 Å². The Bertz CT molecular complexity index is 724. The molecule has 1 unspecified atom stereocenters. The number of hydrogen-bond donors (Lipinski definition) is 5. The van der Waals surface area contributed by atoms with E-state index in [0.29, 0.717) is 5.56 Å². The summed E-state index contributed by atoms with van der Waals surface area (Å²) in [6.07, 6.45) is 3.12. The minimum absolute atomic E-state index is 0.00315. The number of amides is 1. The van der Waals surface area contributed by atoms with Gasteiger partial charge in [-0.25, -0.2) is 4.39 Å². The lowest BCUT2D eigenvalue weighted by Crippen LogP contribution is -2.46. The Hall–Kier alpha value is -1.25. The lowest BCUT2D eigenvalue weighted by Gasteiger charge is -2.35. The summed E-state index contributed by atoms with van der Waals surface area (Å²) in [5.74, 6) is -1.43. The van der Waals surface area contributed by atoms with E-state index in [9.17, 15) is 14.3 Å². The zero-order valence-electron chi connectivity index (χ0n) is 18.7. The molecular weight excluding hydrogens is 421 g/mol. The van der Waals surface area contributed by atoms with Gasteiger partial charge < -0.3 is 26.6 Å². The van der Waals surface area contributed by atoms with Crippen molar-refractivity contribution in [1.82, 2.24) is 10.6 Å². The molecule has 5 atom stereocenters. The maximum Gasteiger partial charge on any atom is 0.237 e. The average molecular weight is 458 g/mol. The third-order valence-corrected chi connectivity index (χ3v) is 7.44. The second kappa shape index (κ2) is 11.6. The summed E-state index contributed by atoms with van der Waals surface area (Å²) >= 11 is 6.02. The van der Waals surface area contributed by atoms with E-state index in [1.165, 1.54) is 6.07 Å². The molecule has 1 aromatic rings. The normalized spacial score (nSPS) is 24.9. The van der Waals surface area contributed by atoms with Crippen LogP contribution >= 0.6 is 11.6 Å². The first-order valence-corrected chi connectivity index (χ1v) is 11.6. The molecule has 0 aromatic heterocycles. The highest BCUT2D eigenvalue weighted by Crippen LogP contribution is 2.41. The molecule has 0 spiro atoms. The van der Waals surface area contributed by atoms with Gasteiger partial charge in [0.25, 0.3) is 0 Å². The van der Waals surface area contributed by atoms with Crippen LogP contribution in [0, 0.1) is 11.2 Å². The van der Waals surface area contributed by atoms with Crippen LogP contribution in [0.2, 0.25) is 5.02 Å². The van der Waals surface area contributed by atoms with Gasteiger partial charge in [0.1, 0.15) is 5.82 Å². The number of nitrogens with one attached hydrogen (secondary N) is 2. The molecule has 1 heterocycles. The zero-order chi connectivity index (χ0) is 23.2. The van der Waals surface area contributed by atoms with E-state index in [0.717, 1.165) is 25.7 Å². The Labute approximate surface area is 189 Å². The molecular formula is C23H37ClFN3O3. The van der Waals surface area contributed by atoms with E-state index >= 15 is 0 Å². The molecule has 1 fully saturated rings. The molecule has 0 bridgehead atoms. The van der Waals surface area contributed by atoms with Crippen LogP contribution in [0.3, 0.4) is 0 Å². The molecule has 8 heteroatoms. The van der Waals surface area contributed by atoms with E-state index in [1.807, 2.05) is 0 Å². The predicted molar refractivity (Wildman–Crippen MR) is 121 cm³/mol. The Morgan fingerprint density at radius 3 is 2.55 bits per heavy atom. The highest BCUT2D eigenvalue weighted by Gasteiger charge is 2.48. The van der Waals surface area contributed by atoms with Crippen LogP contribution in [0.4, 0.5) is 4.39 Å². The van der Waals surface area contributed by atoms with Crippen LogP contribution in [0.25, 0.3) is 0 Å². The van der Waals surface area contributed by atoms with Gasteiger partial charge in [-0.3, -0.25) is 4.79 Å². The summed E-state index contributed by atoms with van der Waals surface area (Å²) < 4.78 is 14.9. The van der Waals surface area contributed by atoms with Gasteiger partial charge in [0.05, 0.1) is 23.8 Å². The first kappa shape index (κ1) is 26.0. The molecule has 0 aliphatic carbocycles. The number of nitrogens with two attached hydrogens (primary N) is 1. The van der Waals surface area contributed by atoms with Crippen molar-refractivity contribution in [1.29, 1.82) is 0 Å². The number of carbonyl (C=O) groups is 1. The molecule has 0 radical (unpaired) electrons. The molecule has 6 nitrogen and oxygen atoms in total. The molecule has 6 N–H and O–H groups in total. The van der Waals surface area contributed by atoms with E-state index in [2.05, 4.69) is 31.4 Å². The molecule has 176 valence electrons. The quantitative estimate of drug-likeness (QED) is 0.351. The number of hydrogen-bond acceptors (Lipinski definition) is 5. The summed E-state index contributed by atoms with van der Waals surface area (Å²) in [5.41, 5.74) is 7.08. The van der Waals surface area contributed by atoms with Crippen molar-refractivity contribution < 1.29 is 19.4 Å². The highest BCUT2D eigenvalue weighted by molar-refractivity contribution is 6.30. The summed E-state index contributed by atoms with van der Waals surface area (Å²) in [4.78, 5) is 13.0. The number of rotatable bonds is 11. The number of aliphatic hydroxyl groups excluding tert-OH is 2. The lowest BCUT2D eigenvalue weighted by atomic mass is 9.73. The number of aliphatic hydroxyl groups is 2. The Morgan fingerprint density at radius 2 is 1.97 bits per heavy atom. The summed E-state index contributed by atoms with van der Waals surface area (Å²) in [6.45, 7) is 6.33. The number of halogens is 2. The predicted octanol–water partition coefficient (Wildman–Crippen LogP) is 2.70.